The Labute approximate surface area is 139 Å². The third-order valence-corrected chi connectivity index (χ3v) is 4.37. The molecule has 2 rings (SSSR count). The summed E-state index contributed by atoms with van der Waals surface area (Å²) in [6, 6.07) is 13.1. The van der Waals surface area contributed by atoms with Crippen LogP contribution in [-0.2, 0) is 16.1 Å². The van der Waals surface area contributed by atoms with Crippen molar-refractivity contribution in [3.05, 3.63) is 57.8 Å². The van der Waals surface area contributed by atoms with Crippen molar-refractivity contribution in [3.63, 3.8) is 0 Å². The van der Waals surface area contributed by atoms with E-state index >= 15 is 0 Å². The Morgan fingerprint density at radius 2 is 1.78 bits per heavy atom. The Hall–Kier alpha value is -2.18. The van der Waals surface area contributed by atoms with Crippen LogP contribution in [0.15, 0.2) is 42.5 Å². The molecule has 0 aliphatic rings. The van der Waals surface area contributed by atoms with E-state index in [0.717, 1.165) is 21.7 Å². The first-order valence-electron chi connectivity index (χ1n) is 7.49. The molecule has 3 N–H and O–H groups in total. The molecular weight excluding hydrogens is 312 g/mol. The fraction of sp³-hybridized carbons (Fsp3) is 0.294. The van der Waals surface area contributed by atoms with Gasteiger partial charge in [-0.15, -0.1) is 11.3 Å². The highest BCUT2D eigenvalue weighted by molar-refractivity contribution is 7.12. The Morgan fingerprint density at radius 1 is 1.09 bits per heavy atom. The molecule has 0 bridgehead atoms. The fourth-order valence-corrected chi connectivity index (χ4v) is 2.97. The largest absolute Gasteiger partial charge is 0.383 e. The number of benzene rings is 1. The molecule has 0 fully saturated rings. The lowest BCUT2D eigenvalue weighted by Crippen LogP contribution is -2.39. The molecule has 122 valence electrons. The molecule has 0 aliphatic carbocycles. The monoisotopic (exact) mass is 332 g/mol. The maximum Gasteiger partial charge on any atom is 0.309 e. The van der Waals surface area contributed by atoms with Gasteiger partial charge >= 0.3 is 11.8 Å². The van der Waals surface area contributed by atoms with E-state index in [1.807, 2.05) is 49.4 Å². The number of amides is 2. The van der Waals surface area contributed by atoms with Gasteiger partial charge in [-0.25, -0.2) is 0 Å². The maximum atomic E-state index is 11.6. The van der Waals surface area contributed by atoms with Crippen molar-refractivity contribution in [1.29, 1.82) is 0 Å². The highest BCUT2D eigenvalue weighted by atomic mass is 32.1. The van der Waals surface area contributed by atoms with Crippen molar-refractivity contribution in [2.75, 3.05) is 6.54 Å². The first-order chi connectivity index (χ1) is 11.1. The number of nitrogens with one attached hydrogen (secondary N) is 2. The minimum atomic E-state index is -0.682. The second-order valence-electron chi connectivity index (χ2n) is 5.06. The van der Waals surface area contributed by atoms with Crippen molar-refractivity contribution in [1.82, 2.24) is 10.6 Å². The van der Waals surface area contributed by atoms with Crippen LogP contribution in [0.1, 0.15) is 34.8 Å². The SMILES string of the molecule is CCCNC(=O)C(=O)NCc1ccc(C(O)c2ccccc2)s1. The molecule has 0 saturated heterocycles. The van der Waals surface area contributed by atoms with Crippen LogP contribution in [0.4, 0.5) is 0 Å². The topological polar surface area (TPSA) is 78.4 Å². The maximum absolute atomic E-state index is 11.6. The zero-order valence-electron chi connectivity index (χ0n) is 12.9. The van der Waals surface area contributed by atoms with Crippen LogP contribution in [0.3, 0.4) is 0 Å². The Balaban J connectivity index is 1.90. The van der Waals surface area contributed by atoms with Gasteiger partial charge in [0.25, 0.3) is 0 Å². The van der Waals surface area contributed by atoms with Gasteiger partial charge in [0.1, 0.15) is 6.10 Å². The average Bonchev–Trinajstić information content (AvgIpc) is 3.06. The second-order valence-corrected chi connectivity index (χ2v) is 6.26. The number of thiophene rings is 1. The first-order valence-corrected chi connectivity index (χ1v) is 8.31. The zero-order valence-corrected chi connectivity index (χ0v) is 13.7. The molecule has 1 atom stereocenters. The smallest absolute Gasteiger partial charge is 0.309 e. The Kier molecular flexibility index (Phi) is 6.31. The van der Waals surface area contributed by atoms with E-state index in [1.165, 1.54) is 11.3 Å². The summed E-state index contributed by atoms with van der Waals surface area (Å²) in [7, 11) is 0. The van der Waals surface area contributed by atoms with Gasteiger partial charge in [0, 0.05) is 16.3 Å². The van der Waals surface area contributed by atoms with Gasteiger partial charge in [-0.1, -0.05) is 37.3 Å². The lowest BCUT2D eigenvalue weighted by atomic mass is 10.1. The van der Waals surface area contributed by atoms with Crippen molar-refractivity contribution < 1.29 is 14.7 Å². The average molecular weight is 332 g/mol. The summed E-state index contributed by atoms with van der Waals surface area (Å²) >= 11 is 1.41. The van der Waals surface area contributed by atoms with Crippen molar-refractivity contribution in [2.24, 2.45) is 0 Å². The highest BCUT2D eigenvalue weighted by Crippen LogP contribution is 2.28. The van der Waals surface area contributed by atoms with Gasteiger partial charge < -0.3 is 15.7 Å². The summed E-state index contributed by atoms with van der Waals surface area (Å²) in [4.78, 5) is 24.8. The molecule has 1 aromatic carbocycles. The number of hydrogen-bond donors (Lipinski definition) is 3. The summed E-state index contributed by atoms with van der Waals surface area (Å²) in [6.07, 6.45) is 0.100. The van der Waals surface area contributed by atoms with Crippen LogP contribution in [0, 0.1) is 0 Å². The number of hydrogen-bond acceptors (Lipinski definition) is 4. The van der Waals surface area contributed by atoms with Crippen LogP contribution < -0.4 is 10.6 Å². The van der Waals surface area contributed by atoms with Crippen LogP contribution in [0.5, 0.6) is 0 Å². The van der Waals surface area contributed by atoms with Gasteiger partial charge in [0.05, 0.1) is 6.54 Å². The molecule has 0 spiro atoms. The van der Waals surface area contributed by atoms with E-state index < -0.39 is 17.9 Å². The quantitative estimate of drug-likeness (QED) is 0.708. The summed E-state index contributed by atoms with van der Waals surface area (Å²) < 4.78 is 0. The minimum absolute atomic E-state index is 0.268. The van der Waals surface area contributed by atoms with E-state index in [1.54, 1.807) is 0 Å². The summed E-state index contributed by atoms with van der Waals surface area (Å²) in [5, 5.41) is 15.4. The van der Waals surface area contributed by atoms with Crippen LogP contribution >= 0.6 is 11.3 Å². The number of carbonyl (C=O) groups excluding carboxylic acids is 2. The van der Waals surface area contributed by atoms with Gasteiger partial charge in [-0.3, -0.25) is 9.59 Å². The standard InChI is InChI=1S/C17H20N2O3S/c1-2-10-18-16(21)17(22)19-11-13-8-9-14(23-13)15(20)12-6-4-3-5-7-12/h3-9,15,20H,2,10-11H2,1H3,(H,18,21)(H,19,22). The van der Waals surface area contributed by atoms with Crippen LogP contribution in [0.25, 0.3) is 0 Å². The van der Waals surface area contributed by atoms with E-state index in [9.17, 15) is 14.7 Å². The van der Waals surface area contributed by atoms with E-state index in [-0.39, 0.29) is 6.54 Å². The normalized spacial score (nSPS) is 11.7. The van der Waals surface area contributed by atoms with E-state index in [0.29, 0.717) is 6.54 Å². The van der Waals surface area contributed by atoms with Crippen LogP contribution in [-0.4, -0.2) is 23.5 Å². The van der Waals surface area contributed by atoms with Crippen molar-refractivity contribution in [2.45, 2.75) is 26.0 Å². The molecule has 23 heavy (non-hydrogen) atoms. The zero-order chi connectivity index (χ0) is 16.7. The van der Waals surface area contributed by atoms with Crippen molar-refractivity contribution >= 4 is 23.2 Å². The minimum Gasteiger partial charge on any atom is -0.383 e. The first kappa shape index (κ1) is 17.2. The Morgan fingerprint density at radius 3 is 2.48 bits per heavy atom. The third-order valence-electron chi connectivity index (χ3n) is 3.23. The lowest BCUT2D eigenvalue weighted by Gasteiger charge is -2.08. The summed E-state index contributed by atoms with van der Waals surface area (Å²) in [6.45, 7) is 2.67. The third kappa shape index (κ3) is 4.91. The fourth-order valence-electron chi connectivity index (χ4n) is 2.00. The summed E-state index contributed by atoms with van der Waals surface area (Å²) in [5.41, 5.74) is 0.823. The lowest BCUT2D eigenvalue weighted by molar-refractivity contribution is -0.139. The molecule has 5 nitrogen and oxygen atoms in total. The molecule has 1 heterocycles. The van der Waals surface area contributed by atoms with Gasteiger partial charge in [-0.2, -0.15) is 0 Å². The van der Waals surface area contributed by atoms with Crippen LogP contribution in [0.2, 0.25) is 0 Å². The molecule has 1 aromatic heterocycles. The molecule has 2 aromatic rings. The molecule has 0 aliphatic heterocycles. The predicted octanol–water partition coefficient (Wildman–Crippen LogP) is 1.97. The number of aliphatic hydroxyl groups is 1. The van der Waals surface area contributed by atoms with E-state index in [2.05, 4.69) is 10.6 Å². The molecular formula is C17H20N2O3S. The molecule has 2 amide bonds. The second kappa shape index (κ2) is 8.45. The van der Waals surface area contributed by atoms with Crippen molar-refractivity contribution in [3.8, 4) is 0 Å². The molecule has 0 saturated carbocycles. The Bertz CT molecular complexity index is 655. The van der Waals surface area contributed by atoms with Gasteiger partial charge in [0.2, 0.25) is 0 Å². The molecule has 6 heteroatoms. The summed E-state index contributed by atoms with van der Waals surface area (Å²) in [5.74, 6) is -1.26. The molecule has 0 radical (unpaired) electrons. The van der Waals surface area contributed by atoms with Gasteiger partial charge in [-0.05, 0) is 24.1 Å². The number of aliphatic hydroxyl groups excluding tert-OH is 1. The number of rotatable bonds is 6. The van der Waals surface area contributed by atoms with E-state index in [4.69, 9.17) is 0 Å². The predicted molar refractivity (Wildman–Crippen MR) is 90.0 cm³/mol. The number of carbonyl (C=O) groups is 2. The molecule has 1 unspecified atom stereocenters. The van der Waals surface area contributed by atoms with Gasteiger partial charge in [0.15, 0.2) is 0 Å². The highest BCUT2D eigenvalue weighted by Gasteiger charge is 2.15.